The first kappa shape index (κ1) is 15.8. The monoisotopic (exact) mass is 303 g/mol. The molecule has 2 aliphatic carbocycles. The fourth-order valence-electron chi connectivity index (χ4n) is 4.76. The van der Waals surface area contributed by atoms with E-state index in [1.165, 1.54) is 0 Å². The van der Waals surface area contributed by atoms with Crippen LogP contribution in [0.25, 0.3) is 0 Å². The molecule has 0 heterocycles. The second kappa shape index (κ2) is 5.24. The Morgan fingerprint density at radius 1 is 1.27 bits per heavy atom. The van der Waals surface area contributed by atoms with E-state index >= 15 is 0 Å². The highest BCUT2D eigenvalue weighted by Gasteiger charge is 2.65. The van der Waals surface area contributed by atoms with Gasteiger partial charge < -0.3 is 14.7 Å². The lowest BCUT2D eigenvalue weighted by Gasteiger charge is -2.47. The van der Waals surface area contributed by atoms with Gasteiger partial charge >= 0.3 is 0 Å². The van der Waals surface area contributed by atoms with E-state index in [2.05, 4.69) is 38.9 Å². The Kier molecular flexibility index (Phi) is 3.77. The van der Waals surface area contributed by atoms with Crippen LogP contribution in [-0.2, 0) is 5.60 Å². The van der Waals surface area contributed by atoms with Crippen molar-refractivity contribution in [2.45, 2.75) is 32.3 Å². The second-order valence-corrected chi connectivity index (χ2v) is 8.16. The smallest absolute Gasteiger partial charge is 0.119 e. The molecule has 22 heavy (non-hydrogen) atoms. The number of rotatable bonds is 4. The van der Waals surface area contributed by atoms with Crippen LogP contribution in [0.4, 0.5) is 0 Å². The number of hydrogen-bond donors (Lipinski definition) is 1. The summed E-state index contributed by atoms with van der Waals surface area (Å²) in [5.74, 6) is 2.11. The van der Waals surface area contributed by atoms with E-state index in [1.54, 1.807) is 7.11 Å². The highest BCUT2D eigenvalue weighted by molar-refractivity contribution is 5.36. The minimum Gasteiger partial charge on any atom is -0.497 e. The van der Waals surface area contributed by atoms with Gasteiger partial charge in [-0.3, -0.25) is 0 Å². The Balaban J connectivity index is 2.00. The van der Waals surface area contributed by atoms with E-state index < -0.39 is 5.60 Å². The molecule has 4 atom stereocenters. The lowest BCUT2D eigenvalue weighted by Crippen LogP contribution is -2.49. The minimum absolute atomic E-state index is 0.258. The quantitative estimate of drug-likeness (QED) is 0.927. The molecule has 2 aliphatic rings. The molecule has 0 saturated heterocycles. The second-order valence-electron chi connectivity index (χ2n) is 8.16. The normalized spacial score (nSPS) is 36.0. The fraction of sp³-hybridized carbons (Fsp3) is 0.684. The lowest BCUT2D eigenvalue weighted by molar-refractivity contribution is -0.101. The van der Waals surface area contributed by atoms with Crippen molar-refractivity contribution in [2.24, 2.45) is 23.2 Å². The van der Waals surface area contributed by atoms with Crippen molar-refractivity contribution >= 4 is 0 Å². The number of hydrogen-bond acceptors (Lipinski definition) is 3. The van der Waals surface area contributed by atoms with Crippen LogP contribution in [0, 0.1) is 23.2 Å². The molecule has 1 aromatic carbocycles. The van der Waals surface area contributed by atoms with Crippen LogP contribution in [0.5, 0.6) is 5.75 Å². The van der Waals surface area contributed by atoms with Gasteiger partial charge in [-0.1, -0.05) is 26.0 Å². The zero-order valence-corrected chi connectivity index (χ0v) is 14.5. The number of aliphatic hydroxyl groups is 1. The van der Waals surface area contributed by atoms with Crippen molar-refractivity contribution in [1.82, 2.24) is 4.90 Å². The van der Waals surface area contributed by atoms with Gasteiger partial charge in [0, 0.05) is 12.5 Å². The maximum atomic E-state index is 11.7. The van der Waals surface area contributed by atoms with Crippen LogP contribution in [0.15, 0.2) is 24.3 Å². The van der Waals surface area contributed by atoms with Gasteiger partial charge in [-0.15, -0.1) is 0 Å². The largest absolute Gasteiger partial charge is 0.497 e. The van der Waals surface area contributed by atoms with Crippen molar-refractivity contribution in [2.75, 3.05) is 27.7 Å². The predicted octanol–water partition coefficient (Wildman–Crippen LogP) is 3.13. The van der Waals surface area contributed by atoms with Gasteiger partial charge in [0.2, 0.25) is 0 Å². The van der Waals surface area contributed by atoms with E-state index in [0.717, 1.165) is 30.7 Å². The van der Waals surface area contributed by atoms with Gasteiger partial charge in [-0.2, -0.15) is 0 Å². The van der Waals surface area contributed by atoms with Crippen LogP contribution < -0.4 is 4.74 Å². The van der Waals surface area contributed by atoms with E-state index in [0.29, 0.717) is 17.3 Å². The van der Waals surface area contributed by atoms with Crippen LogP contribution in [0.2, 0.25) is 0 Å². The van der Waals surface area contributed by atoms with Gasteiger partial charge in [0.25, 0.3) is 0 Å². The highest BCUT2D eigenvalue weighted by atomic mass is 16.5. The van der Waals surface area contributed by atoms with Gasteiger partial charge in [0.05, 0.1) is 12.7 Å². The molecular weight excluding hydrogens is 274 g/mol. The van der Waals surface area contributed by atoms with Crippen LogP contribution in [0.1, 0.15) is 32.3 Å². The molecule has 2 saturated carbocycles. The predicted molar refractivity (Wildman–Crippen MR) is 88.9 cm³/mol. The molecule has 0 unspecified atom stereocenters. The zero-order valence-electron chi connectivity index (χ0n) is 14.5. The Bertz CT molecular complexity index is 554. The van der Waals surface area contributed by atoms with Crippen LogP contribution in [-0.4, -0.2) is 37.8 Å². The SMILES string of the molecule is COc1cccc([C@]2(O)[C@@H](CN(C)C)CC(C)(C)[C@@H]3C[C@@H]32)c1. The fourth-order valence-corrected chi connectivity index (χ4v) is 4.76. The van der Waals surface area contributed by atoms with E-state index in [-0.39, 0.29) is 5.92 Å². The summed E-state index contributed by atoms with van der Waals surface area (Å²) in [4.78, 5) is 2.20. The molecule has 2 fully saturated rings. The Labute approximate surface area is 134 Å². The van der Waals surface area contributed by atoms with Gasteiger partial charge in [-0.25, -0.2) is 0 Å². The summed E-state index contributed by atoms with van der Waals surface area (Å²) in [6.07, 6.45) is 2.21. The molecule has 0 amide bonds. The molecule has 0 aliphatic heterocycles. The van der Waals surface area contributed by atoms with E-state index in [1.807, 2.05) is 18.2 Å². The first-order valence-corrected chi connectivity index (χ1v) is 8.30. The van der Waals surface area contributed by atoms with Crippen LogP contribution in [0.3, 0.4) is 0 Å². The Morgan fingerprint density at radius 2 is 2.00 bits per heavy atom. The number of benzene rings is 1. The lowest BCUT2D eigenvalue weighted by atomic mass is 9.62. The number of nitrogens with zero attached hydrogens (tertiary/aromatic N) is 1. The van der Waals surface area contributed by atoms with Crippen LogP contribution >= 0.6 is 0 Å². The molecule has 122 valence electrons. The third-order valence-corrected chi connectivity index (χ3v) is 5.87. The third-order valence-electron chi connectivity index (χ3n) is 5.87. The zero-order chi connectivity index (χ0) is 16.1. The summed E-state index contributed by atoms with van der Waals surface area (Å²) in [6.45, 7) is 5.65. The summed E-state index contributed by atoms with van der Waals surface area (Å²) in [7, 11) is 5.88. The molecular formula is C19H29NO2. The molecule has 1 aromatic rings. The number of methoxy groups -OCH3 is 1. The van der Waals surface area contributed by atoms with Crippen molar-refractivity contribution in [3.63, 3.8) is 0 Å². The van der Waals surface area contributed by atoms with Crippen molar-refractivity contribution in [1.29, 1.82) is 0 Å². The van der Waals surface area contributed by atoms with E-state index in [4.69, 9.17) is 4.74 Å². The maximum Gasteiger partial charge on any atom is 0.119 e. The van der Waals surface area contributed by atoms with Crippen molar-refractivity contribution < 1.29 is 9.84 Å². The summed E-state index contributed by atoms with van der Waals surface area (Å²) < 4.78 is 5.38. The summed E-state index contributed by atoms with van der Waals surface area (Å²) in [6, 6.07) is 8.04. The van der Waals surface area contributed by atoms with Crippen molar-refractivity contribution in [3.05, 3.63) is 29.8 Å². The first-order valence-electron chi connectivity index (χ1n) is 8.30. The minimum atomic E-state index is -0.723. The number of ether oxygens (including phenoxy) is 1. The molecule has 0 aromatic heterocycles. The average molecular weight is 303 g/mol. The first-order chi connectivity index (χ1) is 10.3. The van der Waals surface area contributed by atoms with Gasteiger partial charge in [0.15, 0.2) is 0 Å². The molecule has 0 bridgehead atoms. The average Bonchev–Trinajstić information content (AvgIpc) is 3.26. The Morgan fingerprint density at radius 3 is 2.64 bits per heavy atom. The third kappa shape index (κ3) is 2.44. The molecule has 0 spiro atoms. The van der Waals surface area contributed by atoms with E-state index in [9.17, 15) is 5.11 Å². The molecule has 3 heteroatoms. The molecule has 3 rings (SSSR count). The summed E-state index contributed by atoms with van der Waals surface area (Å²) in [5.41, 5.74) is 0.636. The summed E-state index contributed by atoms with van der Waals surface area (Å²) in [5, 5.41) is 11.7. The topological polar surface area (TPSA) is 32.7 Å². The molecule has 3 nitrogen and oxygen atoms in total. The van der Waals surface area contributed by atoms with Gasteiger partial charge in [-0.05, 0) is 61.9 Å². The standard InChI is InChI=1S/C19H29NO2/c1-18(2)11-14(12-20(3)4)19(21,17-10-16(17)18)13-7-6-8-15(9-13)22-5/h6-9,14,16-17,21H,10-12H2,1-5H3/t14-,16-,17+,19+/m1/s1. The highest BCUT2D eigenvalue weighted by Crippen LogP contribution is 2.67. The molecule has 1 N–H and O–H groups in total. The molecule has 0 radical (unpaired) electrons. The van der Waals surface area contributed by atoms with Crippen molar-refractivity contribution in [3.8, 4) is 5.75 Å². The van der Waals surface area contributed by atoms with Gasteiger partial charge in [0.1, 0.15) is 5.75 Å². The Hall–Kier alpha value is -1.06. The summed E-state index contributed by atoms with van der Waals surface area (Å²) >= 11 is 0. The number of fused-ring (bicyclic) bond motifs is 1. The maximum absolute atomic E-state index is 11.7.